The molecule has 0 radical (unpaired) electrons. The topological polar surface area (TPSA) is 21.1 Å². The number of para-hydroxylation sites is 4. The Morgan fingerprint density at radius 3 is 1.81 bits per heavy atom. The lowest BCUT2D eigenvalue weighted by molar-refractivity contribution is 1.18. The van der Waals surface area contributed by atoms with Crippen LogP contribution in [-0.2, 0) is 0 Å². The monoisotopic (exact) mass is 611 g/mol. The minimum Gasteiger partial charge on any atom is -0.309 e. The third kappa shape index (κ3) is 3.98. The maximum atomic E-state index is 5.05. The molecular formula is C45H29N3. The Bertz CT molecular complexity index is 2710. The largest absolute Gasteiger partial charge is 0.309 e. The minimum absolute atomic E-state index is 0.880. The van der Waals surface area contributed by atoms with E-state index in [1.165, 1.54) is 65.4 Å². The van der Waals surface area contributed by atoms with Gasteiger partial charge in [0.2, 0.25) is 0 Å². The summed E-state index contributed by atoms with van der Waals surface area (Å²) in [5.41, 5.74) is 8.08. The van der Waals surface area contributed by atoms with Crippen LogP contribution in [0.5, 0.6) is 0 Å². The van der Waals surface area contributed by atoms with Gasteiger partial charge in [-0.1, -0.05) is 109 Å². The van der Waals surface area contributed by atoms with Crippen LogP contribution in [0.1, 0.15) is 0 Å². The van der Waals surface area contributed by atoms with E-state index in [4.69, 9.17) is 4.98 Å². The molecule has 10 rings (SSSR count). The molecule has 0 saturated heterocycles. The summed E-state index contributed by atoms with van der Waals surface area (Å²) in [6.45, 7) is 0. The van der Waals surface area contributed by atoms with Crippen LogP contribution in [0.2, 0.25) is 0 Å². The number of fused-ring (bicyclic) bond motifs is 4. The summed E-state index contributed by atoms with van der Waals surface area (Å²) in [4.78, 5) is 7.25. The number of pyridine rings is 1. The van der Waals surface area contributed by atoms with Gasteiger partial charge < -0.3 is 4.57 Å². The molecule has 0 bridgehead atoms. The highest BCUT2D eigenvalue weighted by atomic mass is 15.2. The molecule has 0 amide bonds. The maximum Gasteiger partial charge on any atom is 0.137 e. The van der Waals surface area contributed by atoms with Gasteiger partial charge in [-0.15, -0.1) is 0 Å². The summed E-state index contributed by atoms with van der Waals surface area (Å²) in [5, 5.41) is 10.2. The van der Waals surface area contributed by atoms with Crippen LogP contribution in [0, 0.1) is 0 Å². The fourth-order valence-corrected chi connectivity index (χ4v) is 7.67. The molecule has 0 unspecified atom stereocenters. The first-order chi connectivity index (χ1) is 23.8. The second kappa shape index (κ2) is 10.5. The zero-order valence-electron chi connectivity index (χ0n) is 26.1. The zero-order chi connectivity index (χ0) is 31.6. The zero-order valence-corrected chi connectivity index (χ0v) is 26.1. The standard InChI is InChI=1S/C45H29N3/c1-4-12-33(13-5-1)47(34-14-6-2-7-15-34)42-27-23-32(29-46-42)36-24-22-30-20-21-31-28-40-37-18-10-11-19-41(37)48(35-16-8-3-9-17-35)45(40)39-26-25-38(36)43(30)44(31)39/h1-29H. The lowest BCUT2D eigenvalue weighted by Crippen LogP contribution is -2.11. The quantitative estimate of drug-likeness (QED) is 0.181. The first kappa shape index (κ1) is 26.7. The van der Waals surface area contributed by atoms with E-state index in [0.717, 1.165) is 22.8 Å². The van der Waals surface area contributed by atoms with Crippen LogP contribution in [0.4, 0.5) is 17.2 Å². The van der Waals surface area contributed by atoms with Crippen molar-refractivity contribution >= 4 is 71.3 Å². The molecule has 224 valence electrons. The van der Waals surface area contributed by atoms with Crippen LogP contribution < -0.4 is 4.90 Å². The molecule has 2 heterocycles. The van der Waals surface area contributed by atoms with E-state index in [1.807, 2.05) is 18.3 Å². The molecular weight excluding hydrogens is 583 g/mol. The number of aromatic nitrogens is 2. The van der Waals surface area contributed by atoms with Crippen molar-refractivity contribution in [2.75, 3.05) is 4.90 Å². The summed E-state index contributed by atoms with van der Waals surface area (Å²) in [5.74, 6) is 0.880. The molecule has 2 aromatic heterocycles. The Kier molecular flexibility index (Phi) is 5.87. The molecule has 0 aliphatic rings. The van der Waals surface area contributed by atoms with Crippen LogP contribution in [0.3, 0.4) is 0 Å². The second-order valence-corrected chi connectivity index (χ2v) is 12.4. The van der Waals surface area contributed by atoms with Crippen molar-refractivity contribution < 1.29 is 0 Å². The van der Waals surface area contributed by atoms with Crippen molar-refractivity contribution in [1.82, 2.24) is 9.55 Å². The number of benzene rings is 8. The number of hydrogen-bond acceptors (Lipinski definition) is 2. The molecule has 3 nitrogen and oxygen atoms in total. The van der Waals surface area contributed by atoms with Crippen molar-refractivity contribution in [3.8, 4) is 16.8 Å². The number of hydrogen-bond donors (Lipinski definition) is 0. The first-order valence-corrected chi connectivity index (χ1v) is 16.4. The Morgan fingerprint density at radius 1 is 0.458 bits per heavy atom. The van der Waals surface area contributed by atoms with Gasteiger partial charge in [0, 0.05) is 45.0 Å². The summed E-state index contributed by atoms with van der Waals surface area (Å²) < 4.78 is 2.44. The van der Waals surface area contributed by atoms with E-state index in [1.54, 1.807) is 0 Å². The van der Waals surface area contributed by atoms with Gasteiger partial charge >= 0.3 is 0 Å². The van der Waals surface area contributed by atoms with E-state index in [-0.39, 0.29) is 0 Å². The van der Waals surface area contributed by atoms with Crippen LogP contribution >= 0.6 is 0 Å². The predicted molar refractivity (Wildman–Crippen MR) is 202 cm³/mol. The van der Waals surface area contributed by atoms with E-state index in [2.05, 4.69) is 167 Å². The Hall–Kier alpha value is -6.45. The van der Waals surface area contributed by atoms with Gasteiger partial charge in [-0.25, -0.2) is 4.98 Å². The maximum absolute atomic E-state index is 5.05. The normalized spacial score (nSPS) is 11.8. The Morgan fingerprint density at radius 2 is 1.08 bits per heavy atom. The molecule has 0 atom stereocenters. The molecule has 0 saturated carbocycles. The van der Waals surface area contributed by atoms with Gasteiger partial charge in [0.25, 0.3) is 0 Å². The summed E-state index contributed by atoms with van der Waals surface area (Å²) in [6.07, 6.45) is 2.02. The molecule has 10 aromatic rings. The predicted octanol–water partition coefficient (Wildman–Crippen LogP) is 12.2. The Balaban J connectivity index is 1.19. The van der Waals surface area contributed by atoms with Crippen molar-refractivity contribution in [2.45, 2.75) is 0 Å². The fourth-order valence-electron chi connectivity index (χ4n) is 7.67. The number of rotatable bonds is 5. The molecule has 0 aliphatic carbocycles. The average molecular weight is 612 g/mol. The van der Waals surface area contributed by atoms with Crippen LogP contribution in [0.15, 0.2) is 176 Å². The highest BCUT2D eigenvalue weighted by molar-refractivity contribution is 6.32. The molecule has 0 spiro atoms. The van der Waals surface area contributed by atoms with Gasteiger partial charge in [0.05, 0.1) is 11.0 Å². The summed E-state index contributed by atoms with van der Waals surface area (Å²) in [7, 11) is 0. The molecule has 0 fully saturated rings. The van der Waals surface area contributed by atoms with Gasteiger partial charge in [-0.3, -0.25) is 4.90 Å². The molecule has 0 N–H and O–H groups in total. The van der Waals surface area contributed by atoms with Gasteiger partial charge in [-0.2, -0.15) is 0 Å². The summed E-state index contributed by atoms with van der Waals surface area (Å²) in [6, 6.07) is 60.8. The molecule has 3 heteroatoms. The van der Waals surface area contributed by atoms with Crippen molar-refractivity contribution in [3.63, 3.8) is 0 Å². The van der Waals surface area contributed by atoms with Crippen molar-refractivity contribution in [3.05, 3.63) is 176 Å². The van der Waals surface area contributed by atoms with Crippen molar-refractivity contribution in [1.29, 1.82) is 0 Å². The second-order valence-electron chi connectivity index (χ2n) is 12.4. The third-order valence-corrected chi connectivity index (χ3v) is 9.74. The highest BCUT2D eigenvalue weighted by Gasteiger charge is 2.20. The minimum atomic E-state index is 0.880. The Labute approximate surface area is 277 Å². The van der Waals surface area contributed by atoms with E-state index in [9.17, 15) is 0 Å². The number of nitrogens with zero attached hydrogens (tertiary/aromatic N) is 3. The van der Waals surface area contributed by atoms with E-state index < -0.39 is 0 Å². The summed E-state index contributed by atoms with van der Waals surface area (Å²) >= 11 is 0. The molecule has 48 heavy (non-hydrogen) atoms. The third-order valence-electron chi connectivity index (χ3n) is 9.74. The average Bonchev–Trinajstić information content (AvgIpc) is 3.49. The van der Waals surface area contributed by atoms with Crippen LogP contribution in [0.25, 0.3) is 70.9 Å². The van der Waals surface area contributed by atoms with Crippen LogP contribution in [-0.4, -0.2) is 9.55 Å². The molecule has 8 aromatic carbocycles. The van der Waals surface area contributed by atoms with Gasteiger partial charge in [0.15, 0.2) is 0 Å². The van der Waals surface area contributed by atoms with Crippen molar-refractivity contribution in [2.24, 2.45) is 0 Å². The van der Waals surface area contributed by atoms with Gasteiger partial charge in [0.1, 0.15) is 5.82 Å². The van der Waals surface area contributed by atoms with E-state index >= 15 is 0 Å². The fraction of sp³-hybridized carbons (Fsp3) is 0. The highest BCUT2D eigenvalue weighted by Crippen LogP contribution is 2.45. The van der Waals surface area contributed by atoms with E-state index in [0.29, 0.717) is 0 Å². The smallest absolute Gasteiger partial charge is 0.137 e. The SMILES string of the molecule is c1ccc(N(c2ccccc2)c2ccc(-c3ccc4ccc5cc6c7ccccc7n(-c7ccccc7)c6c6ccc3c4c56)cn2)cc1. The lowest BCUT2D eigenvalue weighted by Gasteiger charge is -2.24. The van der Waals surface area contributed by atoms with Gasteiger partial charge in [-0.05, 0) is 93.2 Å². The molecule has 0 aliphatic heterocycles. The number of anilines is 3. The first-order valence-electron chi connectivity index (χ1n) is 16.4. The lowest BCUT2D eigenvalue weighted by atomic mass is 9.89.